The van der Waals surface area contributed by atoms with Gasteiger partial charge in [-0.3, -0.25) is 0 Å². The van der Waals surface area contributed by atoms with Crippen molar-refractivity contribution in [1.82, 2.24) is 0 Å². The molecule has 0 saturated carbocycles. The number of halogens is 3. The quantitative estimate of drug-likeness (QED) is 0.620. The third-order valence-corrected chi connectivity index (χ3v) is 3.13. The van der Waals surface area contributed by atoms with Crippen LogP contribution in [0.15, 0.2) is 24.3 Å². The third kappa shape index (κ3) is 2.70. The molecule has 21 heavy (non-hydrogen) atoms. The minimum Gasteiger partial charge on any atom is -0.494 e. The van der Waals surface area contributed by atoms with Crippen LogP contribution >= 0.6 is 0 Å². The number of benzene rings is 1. The summed E-state index contributed by atoms with van der Waals surface area (Å²) < 4.78 is 54.5. The molecular weight excluding hydrogens is 289 g/mol. The Morgan fingerprint density at radius 1 is 1.24 bits per heavy atom. The molecular formula is C14H15F3O4. The number of epoxide rings is 1. The average Bonchev–Trinajstić information content (AvgIpc) is 3.17. The lowest BCUT2D eigenvalue weighted by Gasteiger charge is -2.17. The lowest BCUT2D eigenvalue weighted by molar-refractivity contribution is -0.188. The van der Waals surface area contributed by atoms with Crippen LogP contribution in [0.4, 0.5) is 13.2 Å². The third-order valence-electron chi connectivity index (χ3n) is 3.13. The molecule has 0 N–H and O–H groups in total. The Morgan fingerprint density at radius 2 is 1.86 bits per heavy atom. The van der Waals surface area contributed by atoms with Crippen molar-refractivity contribution in [2.45, 2.75) is 31.7 Å². The molecule has 0 aromatic heterocycles. The van der Waals surface area contributed by atoms with E-state index in [1.807, 2.05) is 0 Å². The zero-order chi connectivity index (χ0) is 15.7. The highest BCUT2D eigenvalue weighted by Gasteiger charge is 2.77. The molecule has 0 aliphatic carbocycles. The molecule has 1 heterocycles. The summed E-state index contributed by atoms with van der Waals surface area (Å²) in [5.41, 5.74) is -2.76. The number of carbonyl (C=O) groups is 1. The molecule has 2 atom stereocenters. The van der Waals surface area contributed by atoms with Gasteiger partial charge < -0.3 is 14.2 Å². The van der Waals surface area contributed by atoms with E-state index in [1.54, 1.807) is 6.92 Å². The summed E-state index contributed by atoms with van der Waals surface area (Å²) in [7, 11) is 0. The fourth-order valence-electron chi connectivity index (χ4n) is 2.15. The van der Waals surface area contributed by atoms with Gasteiger partial charge in [0.15, 0.2) is 6.10 Å². The van der Waals surface area contributed by atoms with Gasteiger partial charge in [-0.25, -0.2) is 4.79 Å². The molecule has 0 amide bonds. The number of carbonyl (C=O) groups excluding carboxylic acids is 1. The molecule has 0 spiro atoms. The normalized spacial score (nSPS) is 24.5. The van der Waals surface area contributed by atoms with Crippen LogP contribution in [-0.4, -0.2) is 31.5 Å². The Kier molecular flexibility index (Phi) is 4.13. The zero-order valence-corrected chi connectivity index (χ0v) is 11.6. The van der Waals surface area contributed by atoms with Crippen molar-refractivity contribution in [1.29, 1.82) is 0 Å². The minimum absolute atomic E-state index is 0.00406. The Hall–Kier alpha value is -1.76. The van der Waals surface area contributed by atoms with E-state index < -0.39 is 23.9 Å². The molecule has 1 aliphatic rings. The Labute approximate surface area is 119 Å². The molecule has 1 saturated heterocycles. The van der Waals surface area contributed by atoms with E-state index in [2.05, 4.69) is 4.74 Å². The SMILES string of the molecule is CCOC(=O)C1OC1(c1ccc(OCC)cc1)C(F)(F)F. The topological polar surface area (TPSA) is 48.1 Å². The van der Waals surface area contributed by atoms with Crippen molar-refractivity contribution in [2.75, 3.05) is 13.2 Å². The number of rotatable bonds is 5. The second-order valence-corrected chi connectivity index (χ2v) is 4.44. The van der Waals surface area contributed by atoms with Gasteiger partial charge >= 0.3 is 12.1 Å². The van der Waals surface area contributed by atoms with Gasteiger partial charge in [0, 0.05) is 0 Å². The summed E-state index contributed by atoms with van der Waals surface area (Å²) in [6.07, 6.45) is -6.37. The molecule has 2 unspecified atom stereocenters. The molecule has 4 nitrogen and oxygen atoms in total. The van der Waals surface area contributed by atoms with Crippen LogP contribution in [0.1, 0.15) is 19.4 Å². The molecule has 7 heteroatoms. The van der Waals surface area contributed by atoms with Crippen LogP contribution in [0, 0.1) is 0 Å². The minimum atomic E-state index is -4.71. The average molecular weight is 304 g/mol. The van der Waals surface area contributed by atoms with Crippen LogP contribution in [0.25, 0.3) is 0 Å². The summed E-state index contributed by atoms with van der Waals surface area (Å²) in [6.45, 7) is 3.69. The second-order valence-electron chi connectivity index (χ2n) is 4.44. The zero-order valence-electron chi connectivity index (χ0n) is 11.6. The first-order valence-corrected chi connectivity index (χ1v) is 6.51. The summed E-state index contributed by atoms with van der Waals surface area (Å²) in [5.74, 6) is -0.560. The van der Waals surface area contributed by atoms with E-state index in [1.165, 1.54) is 31.2 Å². The van der Waals surface area contributed by atoms with Crippen LogP contribution in [0.3, 0.4) is 0 Å². The molecule has 1 aromatic rings. The first kappa shape index (κ1) is 15.6. The predicted octanol–water partition coefficient (Wildman–Crippen LogP) is 2.80. The fourth-order valence-corrected chi connectivity index (χ4v) is 2.15. The summed E-state index contributed by atoms with van der Waals surface area (Å²) in [5, 5.41) is 0. The number of hydrogen-bond donors (Lipinski definition) is 0. The summed E-state index contributed by atoms with van der Waals surface area (Å²) >= 11 is 0. The van der Waals surface area contributed by atoms with E-state index in [-0.39, 0.29) is 12.2 Å². The largest absolute Gasteiger partial charge is 0.494 e. The van der Waals surface area contributed by atoms with Crippen molar-refractivity contribution in [3.05, 3.63) is 29.8 Å². The highest BCUT2D eigenvalue weighted by atomic mass is 19.4. The van der Waals surface area contributed by atoms with Gasteiger partial charge in [-0.2, -0.15) is 13.2 Å². The smallest absolute Gasteiger partial charge is 0.424 e. The van der Waals surface area contributed by atoms with Gasteiger partial charge in [0.05, 0.1) is 13.2 Å². The van der Waals surface area contributed by atoms with Crippen molar-refractivity contribution < 1.29 is 32.2 Å². The van der Waals surface area contributed by atoms with Crippen molar-refractivity contribution in [2.24, 2.45) is 0 Å². The molecule has 1 aliphatic heterocycles. The number of esters is 1. The maximum Gasteiger partial charge on any atom is 0.424 e. The molecule has 116 valence electrons. The molecule has 2 rings (SSSR count). The van der Waals surface area contributed by atoms with E-state index >= 15 is 0 Å². The molecule has 0 bridgehead atoms. The van der Waals surface area contributed by atoms with Crippen molar-refractivity contribution >= 4 is 5.97 Å². The van der Waals surface area contributed by atoms with Crippen LogP contribution in [-0.2, 0) is 19.9 Å². The molecule has 1 fully saturated rings. The first-order chi connectivity index (χ1) is 9.86. The van der Waals surface area contributed by atoms with E-state index in [0.29, 0.717) is 12.4 Å². The van der Waals surface area contributed by atoms with Gasteiger partial charge in [0.2, 0.25) is 5.60 Å². The molecule has 0 radical (unpaired) electrons. The maximum absolute atomic E-state index is 13.3. The highest BCUT2D eigenvalue weighted by Crippen LogP contribution is 2.57. The predicted molar refractivity (Wildman–Crippen MR) is 66.9 cm³/mol. The second kappa shape index (κ2) is 5.55. The summed E-state index contributed by atoms with van der Waals surface area (Å²) in [6, 6.07) is 5.32. The Balaban J connectivity index is 2.29. The first-order valence-electron chi connectivity index (χ1n) is 6.51. The lowest BCUT2D eigenvalue weighted by Crippen LogP contribution is -2.35. The van der Waals surface area contributed by atoms with E-state index in [9.17, 15) is 18.0 Å². The van der Waals surface area contributed by atoms with E-state index in [0.717, 1.165) is 0 Å². The van der Waals surface area contributed by atoms with Crippen molar-refractivity contribution in [3.8, 4) is 5.75 Å². The monoisotopic (exact) mass is 304 g/mol. The van der Waals surface area contributed by atoms with Gasteiger partial charge in [-0.15, -0.1) is 0 Å². The summed E-state index contributed by atoms with van der Waals surface area (Å²) in [4.78, 5) is 11.5. The van der Waals surface area contributed by atoms with Gasteiger partial charge in [-0.05, 0) is 31.5 Å². The maximum atomic E-state index is 13.3. The van der Waals surface area contributed by atoms with Crippen LogP contribution in [0.2, 0.25) is 0 Å². The number of ether oxygens (including phenoxy) is 3. The number of hydrogen-bond acceptors (Lipinski definition) is 4. The van der Waals surface area contributed by atoms with Crippen molar-refractivity contribution in [3.63, 3.8) is 0 Å². The number of alkyl halides is 3. The Morgan fingerprint density at radius 3 is 2.33 bits per heavy atom. The van der Waals surface area contributed by atoms with Crippen LogP contribution in [0.5, 0.6) is 5.75 Å². The molecule has 1 aromatic carbocycles. The fraction of sp³-hybridized carbons (Fsp3) is 0.500. The van der Waals surface area contributed by atoms with Gasteiger partial charge in [0.1, 0.15) is 5.75 Å². The Bertz CT molecular complexity index is 512. The van der Waals surface area contributed by atoms with Gasteiger partial charge in [0.25, 0.3) is 0 Å². The van der Waals surface area contributed by atoms with Crippen LogP contribution < -0.4 is 4.74 Å². The van der Waals surface area contributed by atoms with Gasteiger partial charge in [-0.1, -0.05) is 12.1 Å². The standard InChI is InChI=1S/C14H15F3O4/c1-3-19-10-7-5-9(6-8-10)13(14(15,16)17)11(21-13)12(18)20-4-2/h5-8,11H,3-4H2,1-2H3. The lowest BCUT2D eigenvalue weighted by atomic mass is 9.94. The highest BCUT2D eigenvalue weighted by molar-refractivity contribution is 5.80. The van der Waals surface area contributed by atoms with E-state index in [4.69, 9.17) is 9.47 Å².